The molecule has 0 saturated carbocycles. The minimum atomic E-state index is -0.749. The summed E-state index contributed by atoms with van der Waals surface area (Å²) in [6.45, 7) is 5.77. The Morgan fingerprint density at radius 2 is 1.92 bits per heavy atom. The summed E-state index contributed by atoms with van der Waals surface area (Å²) in [5, 5.41) is 3.28. The molecule has 0 aromatic heterocycles. The molecule has 0 bridgehead atoms. The van der Waals surface area contributed by atoms with Crippen LogP contribution in [0, 0.1) is 11.8 Å². The van der Waals surface area contributed by atoms with Gasteiger partial charge in [-0.3, -0.25) is 14.9 Å². The van der Waals surface area contributed by atoms with E-state index in [0.29, 0.717) is 6.61 Å². The fraction of sp³-hybridized carbons (Fsp3) is 0.556. The first-order chi connectivity index (χ1) is 11.3. The number of esters is 2. The van der Waals surface area contributed by atoms with Gasteiger partial charge in [0.2, 0.25) is 0 Å². The fourth-order valence-corrected chi connectivity index (χ4v) is 3.48. The third-order valence-corrected chi connectivity index (χ3v) is 4.43. The lowest BCUT2D eigenvalue weighted by Crippen LogP contribution is -2.44. The maximum absolute atomic E-state index is 12.6. The predicted molar refractivity (Wildman–Crippen MR) is 86.4 cm³/mol. The number of rotatable bonds is 2. The zero-order valence-corrected chi connectivity index (χ0v) is 14.4. The Hall–Kier alpha value is -2.08. The highest BCUT2D eigenvalue weighted by molar-refractivity contribution is 5.86. The number of carbonyl (C=O) groups excluding carboxylic acids is 2. The van der Waals surface area contributed by atoms with Gasteiger partial charge in [0.1, 0.15) is 17.4 Å². The van der Waals surface area contributed by atoms with Crippen molar-refractivity contribution < 1.29 is 23.8 Å². The van der Waals surface area contributed by atoms with Crippen LogP contribution in [0.2, 0.25) is 0 Å². The maximum Gasteiger partial charge on any atom is 0.324 e. The number of hydrogen-bond donors (Lipinski definition) is 1. The molecular formula is C18H23NO5. The summed E-state index contributed by atoms with van der Waals surface area (Å²) in [6, 6.07) is 6.77. The van der Waals surface area contributed by atoms with E-state index < -0.39 is 29.5 Å². The smallest absolute Gasteiger partial charge is 0.324 e. The van der Waals surface area contributed by atoms with E-state index in [0.717, 1.165) is 11.3 Å². The summed E-state index contributed by atoms with van der Waals surface area (Å²) in [7, 11) is 1.33. The molecule has 2 heterocycles. The van der Waals surface area contributed by atoms with Gasteiger partial charge in [-0.05, 0) is 26.8 Å². The number of benzene rings is 1. The van der Waals surface area contributed by atoms with Gasteiger partial charge in [0.15, 0.2) is 0 Å². The van der Waals surface area contributed by atoms with Crippen molar-refractivity contribution in [3.05, 3.63) is 29.8 Å². The van der Waals surface area contributed by atoms with E-state index in [1.54, 1.807) is 20.8 Å². The van der Waals surface area contributed by atoms with E-state index in [9.17, 15) is 9.59 Å². The molecule has 1 fully saturated rings. The molecule has 1 saturated heterocycles. The molecule has 6 nitrogen and oxygen atoms in total. The van der Waals surface area contributed by atoms with E-state index in [1.807, 2.05) is 24.3 Å². The molecule has 0 aliphatic carbocycles. The summed E-state index contributed by atoms with van der Waals surface area (Å²) in [4.78, 5) is 24.9. The van der Waals surface area contributed by atoms with Crippen molar-refractivity contribution in [2.75, 3.05) is 13.7 Å². The largest absolute Gasteiger partial charge is 0.493 e. The molecule has 24 heavy (non-hydrogen) atoms. The molecular weight excluding hydrogens is 310 g/mol. The lowest BCUT2D eigenvalue weighted by molar-refractivity contribution is -0.163. The summed E-state index contributed by atoms with van der Waals surface area (Å²) in [6.07, 6.45) is 0. The summed E-state index contributed by atoms with van der Waals surface area (Å²) >= 11 is 0. The molecule has 130 valence electrons. The van der Waals surface area contributed by atoms with Gasteiger partial charge in [0, 0.05) is 17.5 Å². The minimum absolute atomic E-state index is 0.142. The monoisotopic (exact) mass is 333 g/mol. The first-order valence-electron chi connectivity index (χ1n) is 8.10. The second-order valence-electron chi connectivity index (χ2n) is 7.22. The van der Waals surface area contributed by atoms with Crippen LogP contribution >= 0.6 is 0 Å². The van der Waals surface area contributed by atoms with Crippen LogP contribution in [-0.4, -0.2) is 37.3 Å². The van der Waals surface area contributed by atoms with Crippen LogP contribution in [0.25, 0.3) is 0 Å². The average Bonchev–Trinajstić information content (AvgIpc) is 2.92. The third-order valence-electron chi connectivity index (χ3n) is 4.43. The molecule has 0 amide bonds. The van der Waals surface area contributed by atoms with Gasteiger partial charge < -0.3 is 14.2 Å². The van der Waals surface area contributed by atoms with Crippen LogP contribution in [0.15, 0.2) is 24.3 Å². The molecule has 2 aliphatic rings. The summed E-state index contributed by atoms with van der Waals surface area (Å²) in [5.74, 6) is -0.897. The first-order valence-corrected chi connectivity index (χ1v) is 8.10. The highest BCUT2D eigenvalue weighted by atomic mass is 16.6. The molecule has 1 N–H and O–H groups in total. The second-order valence-corrected chi connectivity index (χ2v) is 7.22. The normalized spacial score (nSPS) is 28.3. The number of carbonyl (C=O) groups is 2. The molecule has 4 atom stereocenters. The van der Waals surface area contributed by atoms with Gasteiger partial charge in [0.25, 0.3) is 0 Å². The number of fused-ring (bicyclic) bond motifs is 3. The lowest BCUT2D eigenvalue weighted by Gasteiger charge is -2.30. The highest BCUT2D eigenvalue weighted by Gasteiger charge is 2.54. The van der Waals surface area contributed by atoms with Crippen molar-refractivity contribution in [2.24, 2.45) is 11.8 Å². The van der Waals surface area contributed by atoms with Gasteiger partial charge in [-0.15, -0.1) is 0 Å². The summed E-state index contributed by atoms with van der Waals surface area (Å²) < 4.78 is 16.2. The van der Waals surface area contributed by atoms with Crippen LogP contribution in [0.4, 0.5) is 0 Å². The molecule has 1 aromatic rings. The standard InChI is InChI=1S/C18H23NO5/c1-18(2,3)24-17(21)15-13(16(20)22-4)11-9-23-12-8-6-5-7-10(12)14(11)19-15/h5-8,11,13-15,19H,9H2,1-4H3/t11-,13-,14+,15+/m1/s1. The van der Waals surface area contributed by atoms with Crippen molar-refractivity contribution in [3.8, 4) is 5.75 Å². The molecule has 0 unspecified atom stereocenters. The second kappa shape index (κ2) is 6.09. The van der Waals surface area contributed by atoms with Gasteiger partial charge in [-0.2, -0.15) is 0 Å². The minimum Gasteiger partial charge on any atom is -0.493 e. The van der Waals surface area contributed by atoms with Crippen LogP contribution in [0.3, 0.4) is 0 Å². The maximum atomic E-state index is 12.6. The summed E-state index contributed by atoms with van der Waals surface area (Å²) in [5.41, 5.74) is 0.329. The average molecular weight is 333 g/mol. The van der Waals surface area contributed by atoms with E-state index in [2.05, 4.69) is 5.32 Å². The zero-order valence-electron chi connectivity index (χ0n) is 14.4. The van der Waals surface area contributed by atoms with Crippen molar-refractivity contribution in [2.45, 2.75) is 38.5 Å². The molecule has 0 spiro atoms. The van der Waals surface area contributed by atoms with E-state index in [-0.39, 0.29) is 12.0 Å². The van der Waals surface area contributed by atoms with Crippen molar-refractivity contribution in [1.82, 2.24) is 5.32 Å². The number of nitrogens with one attached hydrogen (secondary N) is 1. The molecule has 3 rings (SSSR count). The predicted octanol–water partition coefficient (Wildman–Crippen LogP) is 1.84. The zero-order chi connectivity index (χ0) is 17.5. The van der Waals surface area contributed by atoms with E-state index >= 15 is 0 Å². The van der Waals surface area contributed by atoms with Crippen molar-refractivity contribution in [3.63, 3.8) is 0 Å². The molecule has 6 heteroatoms. The molecule has 0 radical (unpaired) electrons. The first kappa shape index (κ1) is 16.8. The van der Waals surface area contributed by atoms with Crippen LogP contribution in [0.5, 0.6) is 5.75 Å². The number of ether oxygens (including phenoxy) is 3. The molecule has 2 aliphatic heterocycles. The van der Waals surface area contributed by atoms with Crippen molar-refractivity contribution >= 4 is 11.9 Å². The fourth-order valence-electron chi connectivity index (χ4n) is 3.48. The Morgan fingerprint density at radius 3 is 2.58 bits per heavy atom. The van der Waals surface area contributed by atoms with Crippen LogP contribution in [0.1, 0.15) is 32.4 Å². The van der Waals surface area contributed by atoms with Crippen LogP contribution < -0.4 is 10.1 Å². The van der Waals surface area contributed by atoms with Crippen LogP contribution in [-0.2, 0) is 19.1 Å². The number of methoxy groups -OCH3 is 1. The Kier molecular flexibility index (Phi) is 4.25. The van der Waals surface area contributed by atoms with E-state index in [1.165, 1.54) is 7.11 Å². The lowest BCUT2D eigenvalue weighted by atomic mass is 9.83. The quantitative estimate of drug-likeness (QED) is 0.833. The molecule has 1 aromatic carbocycles. The van der Waals surface area contributed by atoms with Crippen molar-refractivity contribution in [1.29, 1.82) is 0 Å². The Balaban J connectivity index is 1.93. The Bertz CT molecular complexity index is 651. The Morgan fingerprint density at radius 1 is 1.21 bits per heavy atom. The third kappa shape index (κ3) is 2.98. The van der Waals surface area contributed by atoms with Gasteiger partial charge >= 0.3 is 11.9 Å². The van der Waals surface area contributed by atoms with Gasteiger partial charge in [-0.25, -0.2) is 0 Å². The van der Waals surface area contributed by atoms with Gasteiger partial charge in [-0.1, -0.05) is 18.2 Å². The topological polar surface area (TPSA) is 73.9 Å². The number of hydrogen-bond acceptors (Lipinski definition) is 6. The van der Waals surface area contributed by atoms with Gasteiger partial charge in [0.05, 0.1) is 19.6 Å². The van der Waals surface area contributed by atoms with E-state index in [4.69, 9.17) is 14.2 Å². The SMILES string of the molecule is COC(=O)[C@@H]1[C@H]2COc3ccccc3[C@@H]2N[C@@H]1C(=O)OC(C)(C)C. The highest BCUT2D eigenvalue weighted by Crippen LogP contribution is 2.45. The Labute approximate surface area is 141 Å². The number of para-hydroxylation sites is 1.